The molecule has 5 aliphatic rings. The zero-order valence-corrected chi connectivity index (χ0v) is 17.3. The summed E-state index contributed by atoms with van der Waals surface area (Å²) < 4.78 is 0. The summed E-state index contributed by atoms with van der Waals surface area (Å²) >= 11 is 3.46. The normalized spacial score (nSPS) is 59.4. The van der Waals surface area contributed by atoms with Gasteiger partial charge in [0.2, 0.25) is 0 Å². The summed E-state index contributed by atoms with van der Waals surface area (Å²) in [5, 5.41) is 11.1. The van der Waals surface area contributed by atoms with Crippen LogP contribution in [0, 0.1) is 52.8 Å². The van der Waals surface area contributed by atoms with E-state index in [-0.39, 0.29) is 5.41 Å². The van der Waals surface area contributed by atoms with Crippen LogP contribution in [0.5, 0.6) is 0 Å². The monoisotopic (exact) mass is 408 g/mol. The Morgan fingerprint density at radius 1 is 1.00 bits per heavy atom. The maximum Gasteiger partial charge on any atom is 0.147 e. The van der Waals surface area contributed by atoms with Gasteiger partial charge in [-0.05, 0) is 105 Å². The van der Waals surface area contributed by atoms with Crippen LogP contribution in [0.15, 0.2) is 0 Å². The number of ketones is 1. The quantitative estimate of drug-likeness (QED) is 0.664. The minimum absolute atomic E-state index is 0.284. The fraction of sp³-hybridized carbons (Fsp3) is 0.955. The molecule has 5 rings (SSSR count). The van der Waals surface area contributed by atoms with Crippen LogP contribution in [0.25, 0.3) is 0 Å². The highest BCUT2D eigenvalue weighted by Gasteiger charge is 2.70. The van der Waals surface area contributed by atoms with E-state index in [2.05, 4.69) is 29.8 Å². The average Bonchev–Trinajstić information content (AvgIpc) is 3.27. The average molecular weight is 409 g/mol. The Balaban J connectivity index is 1.41. The third-order valence-corrected chi connectivity index (χ3v) is 10.1. The molecule has 140 valence electrons. The van der Waals surface area contributed by atoms with Gasteiger partial charge in [0.05, 0.1) is 10.9 Å². The second-order valence-corrected chi connectivity index (χ2v) is 11.3. The number of hydrogen-bond donors (Lipinski definition) is 1. The van der Waals surface area contributed by atoms with E-state index in [9.17, 15) is 9.90 Å². The molecule has 3 heteroatoms. The van der Waals surface area contributed by atoms with E-state index in [1.807, 2.05) is 0 Å². The largest absolute Gasteiger partial charge is 0.390 e. The highest BCUT2D eigenvalue weighted by atomic mass is 79.9. The molecule has 5 aliphatic carbocycles. The summed E-state index contributed by atoms with van der Waals surface area (Å²) in [6.45, 7) is 4.53. The van der Waals surface area contributed by atoms with Crippen LogP contribution in [0.4, 0.5) is 0 Å². The SMILES string of the molecule is C[C@@]1(O)CCC2C(CC[C@H]3[C@@H]4[C@@H]5C[C@@H]5[C@H](C(=O)CBr)[C@@]4(C)CC[C@H]23)C1. The van der Waals surface area contributed by atoms with Gasteiger partial charge in [-0.15, -0.1) is 0 Å². The molecule has 2 nitrogen and oxygen atoms in total. The van der Waals surface area contributed by atoms with Crippen molar-refractivity contribution in [2.45, 2.75) is 70.8 Å². The molecule has 0 heterocycles. The molecule has 0 spiro atoms. The lowest BCUT2D eigenvalue weighted by Crippen LogP contribution is -2.52. The Morgan fingerprint density at radius 3 is 2.52 bits per heavy atom. The van der Waals surface area contributed by atoms with Crippen molar-refractivity contribution in [3.8, 4) is 0 Å². The Labute approximate surface area is 160 Å². The number of halogens is 1. The molecule has 0 aromatic carbocycles. The topological polar surface area (TPSA) is 37.3 Å². The molecule has 5 saturated carbocycles. The van der Waals surface area contributed by atoms with E-state index in [0.717, 1.165) is 48.3 Å². The maximum absolute atomic E-state index is 12.7. The number of alkyl halides is 1. The maximum atomic E-state index is 12.7. The second-order valence-electron chi connectivity index (χ2n) is 10.8. The fourth-order valence-corrected chi connectivity index (χ4v) is 9.09. The van der Waals surface area contributed by atoms with Crippen molar-refractivity contribution < 1.29 is 9.90 Å². The summed E-state index contributed by atoms with van der Waals surface area (Å²) in [5.41, 5.74) is -0.133. The Morgan fingerprint density at radius 2 is 1.76 bits per heavy atom. The van der Waals surface area contributed by atoms with Gasteiger partial charge < -0.3 is 5.11 Å². The summed E-state index contributed by atoms with van der Waals surface area (Å²) in [6, 6.07) is 0. The Hall–Kier alpha value is 0.110. The smallest absolute Gasteiger partial charge is 0.147 e. The molecule has 5 fully saturated rings. The van der Waals surface area contributed by atoms with Crippen molar-refractivity contribution >= 4 is 21.7 Å². The van der Waals surface area contributed by atoms with Crippen LogP contribution in [0.2, 0.25) is 0 Å². The summed E-state index contributed by atoms with van der Waals surface area (Å²) in [4.78, 5) is 12.7. The number of fused-ring (bicyclic) bond motifs is 7. The summed E-state index contributed by atoms with van der Waals surface area (Å²) in [5.74, 6) is 6.56. The first-order valence-corrected chi connectivity index (χ1v) is 11.8. The Kier molecular flexibility index (Phi) is 3.83. The number of carbonyl (C=O) groups excluding carboxylic acids is 1. The van der Waals surface area contributed by atoms with Crippen molar-refractivity contribution in [2.24, 2.45) is 52.8 Å². The number of hydrogen-bond acceptors (Lipinski definition) is 2. The van der Waals surface area contributed by atoms with Crippen molar-refractivity contribution in [2.75, 3.05) is 5.33 Å². The van der Waals surface area contributed by atoms with E-state index < -0.39 is 5.60 Å². The van der Waals surface area contributed by atoms with Gasteiger partial charge in [-0.25, -0.2) is 0 Å². The highest BCUT2D eigenvalue weighted by Crippen LogP contribution is 2.74. The van der Waals surface area contributed by atoms with E-state index in [0.29, 0.717) is 22.9 Å². The van der Waals surface area contributed by atoms with Gasteiger partial charge in [-0.1, -0.05) is 22.9 Å². The second kappa shape index (κ2) is 5.56. The Bertz CT molecular complexity index is 587. The van der Waals surface area contributed by atoms with Gasteiger partial charge >= 0.3 is 0 Å². The van der Waals surface area contributed by atoms with Gasteiger partial charge in [0.1, 0.15) is 5.78 Å². The van der Waals surface area contributed by atoms with Crippen LogP contribution in [-0.4, -0.2) is 21.8 Å². The predicted molar refractivity (Wildman–Crippen MR) is 102 cm³/mol. The molecule has 0 amide bonds. The van der Waals surface area contributed by atoms with E-state index in [1.54, 1.807) is 0 Å². The molecule has 10 atom stereocenters. The van der Waals surface area contributed by atoms with Crippen LogP contribution in [0.3, 0.4) is 0 Å². The van der Waals surface area contributed by atoms with Crippen LogP contribution < -0.4 is 0 Å². The number of carbonyl (C=O) groups is 1. The van der Waals surface area contributed by atoms with Gasteiger partial charge in [0.25, 0.3) is 0 Å². The number of Topliss-reactive ketones (excluding diaryl/α,β-unsaturated/α-hetero) is 1. The van der Waals surface area contributed by atoms with Crippen molar-refractivity contribution in [3.05, 3.63) is 0 Å². The number of aliphatic hydroxyl groups is 1. The first-order chi connectivity index (χ1) is 11.9. The third kappa shape index (κ3) is 2.40. The van der Waals surface area contributed by atoms with E-state index >= 15 is 0 Å². The summed E-state index contributed by atoms with van der Waals surface area (Å²) in [7, 11) is 0. The van der Waals surface area contributed by atoms with Crippen LogP contribution >= 0.6 is 15.9 Å². The number of rotatable bonds is 2. The third-order valence-electron chi connectivity index (χ3n) is 9.50. The first kappa shape index (κ1) is 17.2. The van der Waals surface area contributed by atoms with E-state index in [1.165, 1.54) is 38.5 Å². The lowest BCUT2D eigenvalue weighted by Gasteiger charge is -2.57. The zero-order chi connectivity index (χ0) is 17.6. The molecule has 2 unspecified atom stereocenters. The first-order valence-electron chi connectivity index (χ1n) is 10.7. The minimum atomic E-state index is -0.417. The van der Waals surface area contributed by atoms with Gasteiger partial charge in [0.15, 0.2) is 0 Å². The summed E-state index contributed by atoms with van der Waals surface area (Å²) in [6.07, 6.45) is 9.89. The molecule has 0 radical (unpaired) electrons. The molecule has 25 heavy (non-hydrogen) atoms. The van der Waals surface area contributed by atoms with Gasteiger partial charge in [-0.2, -0.15) is 0 Å². The highest BCUT2D eigenvalue weighted by molar-refractivity contribution is 9.09. The molecule has 1 N–H and O–H groups in total. The lowest BCUT2D eigenvalue weighted by atomic mass is 9.48. The van der Waals surface area contributed by atoms with Crippen molar-refractivity contribution in [1.29, 1.82) is 0 Å². The predicted octanol–water partition coefficient (Wildman–Crippen LogP) is 4.83. The molecular formula is C22H33BrO2. The minimum Gasteiger partial charge on any atom is -0.390 e. The fourth-order valence-electron chi connectivity index (χ4n) is 8.74. The van der Waals surface area contributed by atoms with Gasteiger partial charge in [0, 0.05) is 5.92 Å². The van der Waals surface area contributed by atoms with E-state index in [4.69, 9.17) is 0 Å². The van der Waals surface area contributed by atoms with Gasteiger partial charge in [-0.3, -0.25) is 4.79 Å². The molecule has 0 aromatic rings. The molecular weight excluding hydrogens is 376 g/mol. The molecule has 0 saturated heterocycles. The molecule has 0 aromatic heterocycles. The lowest BCUT2D eigenvalue weighted by molar-refractivity contribution is -0.133. The standard InChI is InChI=1S/C22H33BrO2/c1-21(25)7-5-13-12(10-21)3-4-15-14(13)6-8-22(2)19(15)16-9-17(16)20(22)18(24)11-23/h12-17,19-20,25H,3-11H2,1-2H3/t12?,13?,14-,15-,16-,17+,19-,20-,21-,22+/m1/s1. The molecule has 0 aliphatic heterocycles. The zero-order valence-electron chi connectivity index (χ0n) is 15.7. The van der Waals surface area contributed by atoms with Crippen molar-refractivity contribution in [1.82, 2.24) is 0 Å². The van der Waals surface area contributed by atoms with Crippen LogP contribution in [0.1, 0.15) is 65.2 Å². The molecule has 0 bridgehead atoms. The van der Waals surface area contributed by atoms with Crippen LogP contribution in [-0.2, 0) is 4.79 Å². The van der Waals surface area contributed by atoms with Crippen molar-refractivity contribution in [3.63, 3.8) is 0 Å².